The lowest BCUT2D eigenvalue weighted by Crippen LogP contribution is -2.53. The van der Waals surface area contributed by atoms with Crippen molar-refractivity contribution in [3.8, 4) is 0 Å². The third kappa shape index (κ3) is 3.56. The molecule has 22 heavy (non-hydrogen) atoms. The molecule has 0 aromatic carbocycles. The van der Waals surface area contributed by atoms with Crippen molar-refractivity contribution in [3.63, 3.8) is 0 Å². The predicted molar refractivity (Wildman–Crippen MR) is 92.4 cm³/mol. The Kier molecular flexibility index (Phi) is 5.70. The molecule has 1 aliphatic heterocycles. The third-order valence-electron chi connectivity index (χ3n) is 5.92. The molecule has 0 spiro atoms. The molecule has 0 radical (unpaired) electrons. The van der Waals surface area contributed by atoms with Crippen LogP contribution in [0.5, 0.6) is 0 Å². The maximum Gasteiger partial charge on any atom is 0.251 e. The van der Waals surface area contributed by atoms with Gasteiger partial charge in [-0.2, -0.15) is 0 Å². The Hall–Kier alpha value is -0.830. The van der Waals surface area contributed by atoms with Gasteiger partial charge in [-0.3, -0.25) is 10.1 Å². The van der Waals surface area contributed by atoms with Crippen LogP contribution in [-0.4, -0.2) is 29.6 Å². The normalized spacial score (nSPS) is 33.2. The van der Waals surface area contributed by atoms with Crippen LogP contribution in [0.1, 0.15) is 67.2 Å². The van der Waals surface area contributed by atoms with Crippen LogP contribution in [0.4, 0.5) is 0 Å². The van der Waals surface area contributed by atoms with E-state index in [9.17, 15) is 4.79 Å². The van der Waals surface area contributed by atoms with E-state index < -0.39 is 0 Å². The van der Waals surface area contributed by atoms with E-state index >= 15 is 0 Å². The smallest absolute Gasteiger partial charge is 0.251 e. The van der Waals surface area contributed by atoms with Crippen molar-refractivity contribution >= 4 is 5.91 Å². The highest BCUT2D eigenvalue weighted by Gasteiger charge is 2.37. The van der Waals surface area contributed by atoms with Crippen molar-refractivity contribution < 1.29 is 4.79 Å². The minimum Gasteiger partial charge on any atom is -0.319 e. The lowest BCUT2D eigenvalue weighted by atomic mass is 9.78. The number of rotatable bonds is 5. The zero-order valence-electron chi connectivity index (χ0n) is 15.3. The predicted octanol–water partition coefficient (Wildman–Crippen LogP) is 3.95. The highest BCUT2D eigenvalue weighted by atomic mass is 16.2. The number of nitrogens with zero attached hydrogens (tertiary/aromatic N) is 1. The highest BCUT2D eigenvalue weighted by molar-refractivity contribution is 5.96. The summed E-state index contributed by atoms with van der Waals surface area (Å²) in [4.78, 5) is 14.6. The van der Waals surface area contributed by atoms with Crippen LogP contribution in [-0.2, 0) is 4.79 Å². The molecule has 0 aromatic heterocycles. The molecule has 0 bridgehead atoms. The van der Waals surface area contributed by atoms with Gasteiger partial charge in [-0.05, 0) is 50.0 Å². The Morgan fingerprint density at radius 3 is 2.55 bits per heavy atom. The summed E-state index contributed by atoms with van der Waals surface area (Å²) >= 11 is 0. The minimum atomic E-state index is 0.115. The van der Waals surface area contributed by atoms with Gasteiger partial charge in [-0.25, -0.2) is 0 Å². The quantitative estimate of drug-likeness (QED) is 0.834. The van der Waals surface area contributed by atoms with Crippen LogP contribution in [0.3, 0.4) is 0 Å². The molecule has 1 heterocycles. The van der Waals surface area contributed by atoms with Crippen molar-refractivity contribution in [2.75, 3.05) is 6.54 Å². The van der Waals surface area contributed by atoms with Gasteiger partial charge in [0, 0.05) is 18.2 Å². The van der Waals surface area contributed by atoms with Gasteiger partial charge in [0.15, 0.2) is 0 Å². The first-order chi connectivity index (χ1) is 10.3. The summed E-state index contributed by atoms with van der Waals surface area (Å²) in [7, 11) is 0. The van der Waals surface area contributed by atoms with Gasteiger partial charge < -0.3 is 4.90 Å². The fraction of sp³-hybridized carbons (Fsp3) is 0.842. The van der Waals surface area contributed by atoms with Gasteiger partial charge in [0.2, 0.25) is 0 Å². The molecule has 3 heteroatoms. The molecule has 0 unspecified atom stereocenters. The van der Waals surface area contributed by atoms with Gasteiger partial charge >= 0.3 is 0 Å². The fourth-order valence-electron chi connectivity index (χ4n) is 3.80. The number of carbonyl (C=O) groups excluding carboxylic acids is 1. The van der Waals surface area contributed by atoms with Crippen LogP contribution < -0.4 is 5.32 Å². The maximum atomic E-state index is 12.6. The Balaban J connectivity index is 2.09. The number of hydrogen-bond acceptors (Lipinski definition) is 2. The summed E-state index contributed by atoms with van der Waals surface area (Å²) in [5.41, 5.74) is 2.16. The summed E-state index contributed by atoms with van der Waals surface area (Å²) in [5, 5.41) is 3.83. The second-order valence-electron chi connectivity index (χ2n) is 7.93. The van der Waals surface area contributed by atoms with Gasteiger partial charge in [-0.1, -0.05) is 40.5 Å². The summed E-state index contributed by atoms with van der Waals surface area (Å²) in [6.45, 7) is 14.1. The van der Waals surface area contributed by atoms with Crippen molar-refractivity contribution in [2.24, 2.45) is 17.8 Å². The first-order valence-electron chi connectivity index (χ1n) is 9.07. The number of hydrogen-bond donors (Lipinski definition) is 1. The van der Waals surface area contributed by atoms with Crippen molar-refractivity contribution in [1.29, 1.82) is 0 Å². The summed E-state index contributed by atoms with van der Waals surface area (Å²) in [6, 6.07) is 0.531. The van der Waals surface area contributed by atoms with Gasteiger partial charge in [0.05, 0.1) is 0 Å². The highest BCUT2D eigenvalue weighted by Crippen LogP contribution is 2.32. The van der Waals surface area contributed by atoms with Crippen molar-refractivity contribution in [3.05, 3.63) is 11.1 Å². The molecule has 1 amide bonds. The molecule has 2 aliphatic rings. The summed E-state index contributed by atoms with van der Waals surface area (Å²) in [5.74, 6) is 2.32. The molecule has 3 nitrogen and oxygen atoms in total. The van der Waals surface area contributed by atoms with E-state index in [-0.39, 0.29) is 12.1 Å². The fourth-order valence-corrected chi connectivity index (χ4v) is 3.80. The summed E-state index contributed by atoms with van der Waals surface area (Å²) < 4.78 is 0. The van der Waals surface area contributed by atoms with Crippen LogP contribution in [0.2, 0.25) is 0 Å². The van der Waals surface area contributed by atoms with Crippen LogP contribution in [0.15, 0.2) is 11.1 Å². The second kappa shape index (κ2) is 7.16. The maximum absolute atomic E-state index is 12.6. The van der Waals surface area contributed by atoms with Crippen LogP contribution in [0.25, 0.3) is 0 Å². The van der Waals surface area contributed by atoms with E-state index in [1.807, 2.05) is 6.92 Å². The van der Waals surface area contributed by atoms with Crippen molar-refractivity contribution in [1.82, 2.24) is 10.2 Å². The SMILES string of the molecule is CC1=C(C)[C@H](N[C@@H]2CCC[C@@H](C)[C@@H]2C)N(CCC(C)C)C1=O. The lowest BCUT2D eigenvalue weighted by molar-refractivity contribution is -0.127. The Morgan fingerprint density at radius 2 is 1.91 bits per heavy atom. The molecule has 2 rings (SSSR count). The van der Waals surface area contributed by atoms with Crippen molar-refractivity contribution in [2.45, 2.75) is 79.4 Å². The molecular weight excluding hydrogens is 272 g/mol. The molecule has 1 N–H and O–H groups in total. The zero-order valence-corrected chi connectivity index (χ0v) is 15.3. The lowest BCUT2D eigenvalue weighted by Gasteiger charge is -2.39. The van der Waals surface area contributed by atoms with Gasteiger partial charge in [-0.15, -0.1) is 0 Å². The Bertz CT molecular complexity index is 441. The number of amides is 1. The van der Waals surface area contributed by atoms with Crippen LogP contribution >= 0.6 is 0 Å². The second-order valence-corrected chi connectivity index (χ2v) is 7.93. The topological polar surface area (TPSA) is 32.3 Å². The standard InChI is InChI=1S/C19H34N2O/c1-12(2)10-11-21-18(15(5)16(6)19(21)22)20-17-9-7-8-13(3)14(17)4/h12-14,17-18,20H,7-11H2,1-6H3/t13-,14+,17-,18-/m1/s1. The summed E-state index contributed by atoms with van der Waals surface area (Å²) in [6.07, 6.45) is 5.07. The molecular formula is C19H34N2O. The Morgan fingerprint density at radius 1 is 1.23 bits per heavy atom. The molecule has 0 saturated heterocycles. The van der Waals surface area contributed by atoms with Gasteiger partial charge in [0.1, 0.15) is 6.17 Å². The monoisotopic (exact) mass is 306 g/mol. The molecule has 4 atom stereocenters. The molecule has 1 aliphatic carbocycles. The minimum absolute atomic E-state index is 0.115. The van der Waals surface area contributed by atoms with E-state index in [0.717, 1.165) is 24.5 Å². The van der Waals surface area contributed by atoms with Gasteiger partial charge in [0.25, 0.3) is 5.91 Å². The first-order valence-corrected chi connectivity index (χ1v) is 9.07. The van der Waals surface area contributed by atoms with E-state index in [4.69, 9.17) is 0 Å². The number of carbonyl (C=O) groups is 1. The van der Waals surface area contributed by atoms with E-state index in [2.05, 4.69) is 44.8 Å². The average molecular weight is 306 g/mol. The zero-order chi connectivity index (χ0) is 16.4. The van der Waals surface area contributed by atoms with Crippen LogP contribution in [0, 0.1) is 17.8 Å². The number of nitrogens with one attached hydrogen (secondary N) is 1. The third-order valence-corrected chi connectivity index (χ3v) is 5.92. The average Bonchev–Trinajstić information content (AvgIpc) is 2.66. The molecule has 1 saturated carbocycles. The Labute approximate surface area is 136 Å². The largest absolute Gasteiger partial charge is 0.319 e. The van der Waals surface area contributed by atoms with E-state index in [0.29, 0.717) is 17.9 Å². The molecule has 0 aromatic rings. The molecule has 1 fully saturated rings. The van der Waals surface area contributed by atoms with E-state index in [1.165, 1.54) is 24.8 Å². The molecule has 126 valence electrons. The first kappa shape index (κ1) is 17.5. The van der Waals surface area contributed by atoms with E-state index in [1.54, 1.807) is 0 Å².